The number of carbonyl (C=O) groups is 1. The summed E-state index contributed by atoms with van der Waals surface area (Å²) in [5, 5.41) is 9.85. The molecular weight excluding hydrogens is 264 g/mol. The van der Waals surface area contributed by atoms with Crippen LogP contribution in [-0.2, 0) is 9.47 Å². The second-order valence-electron chi connectivity index (χ2n) is 4.49. The second kappa shape index (κ2) is 5.46. The molecule has 108 valence electrons. The molecule has 2 heterocycles. The van der Waals surface area contributed by atoms with Crippen LogP contribution in [-0.4, -0.2) is 41.0 Å². The van der Waals surface area contributed by atoms with E-state index in [0.29, 0.717) is 24.5 Å². The van der Waals surface area contributed by atoms with Gasteiger partial charge in [0.15, 0.2) is 5.69 Å². The van der Waals surface area contributed by atoms with Gasteiger partial charge >= 0.3 is 11.5 Å². The van der Waals surface area contributed by atoms with Gasteiger partial charge in [0.1, 0.15) is 5.82 Å². The third-order valence-electron chi connectivity index (χ3n) is 3.23. The van der Waals surface area contributed by atoms with Crippen molar-refractivity contribution in [3.8, 4) is 5.75 Å². The van der Waals surface area contributed by atoms with Crippen LogP contribution in [0.25, 0.3) is 5.70 Å². The van der Waals surface area contributed by atoms with E-state index in [0.717, 1.165) is 7.11 Å². The van der Waals surface area contributed by atoms with Crippen LogP contribution in [0.5, 0.6) is 5.75 Å². The summed E-state index contributed by atoms with van der Waals surface area (Å²) in [6.45, 7) is 6.21. The summed E-state index contributed by atoms with van der Waals surface area (Å²) in [6, 6.07) is 0. The van der Waals surface area contributed by atoms with Crippen LogP contribution in [0.4, 0.5) is 0 Å². The van der Waals surface area contributed by atoms with Crippen molar-refractivity contribution in [2.24, 2.45) is 0 Å². The molecule has 0 amide bonds. The van der Waals surface area contributed by atoms with Crippen LogP contribution in [0, 0.1) is 0 Å². The molecule has 20 heavy (non-hydrogen) atoms. The molecular formula is C13H16N2O5. The number of fused-ring (bicyclic) bond motifs is 1. The highest BCUT2D eigenvalue weighted by Crippen LogP contribution is 2.25. The van der Waals surface area contributed by atoms with Gasteiger partial charge in [-0.1, -0.05) is 13.5 Å². The SMILES string of the molecule is C=C1COCC(CC)c2nc(C(=O)OC)c(O)c(=O)n21. The lowest BCUT2D eigenvalue weighted by molar-refractivity contribution is 0.0588. The Morgan fingerprint density at radius 3 is 2.95 bits per heavy atom. The average molecular weight is 280 g/mol. The van der Waals surface area contributed by atoms with E-state index in [1.54, 1.807) is 0 Å². The smallest absolute Gasteiger partial charge is 0.360 e. The molecule has 7 nitrogen and oxygen atoms in total. The number of nitrogens with zero attached hydrogens (tertiary/aromatic N) is 2. The highest BCUT2D eigenvalue weighted by atomic mass is 16.5. The molecule has 0 fully saturated rings. The van der Waals surface area contributed by atoms with Gasteiger partial charge in [0.25, 0.3) is 0 Å². The summed E-state index contributed by atoms with van der Waals surface area (Å²) in [7, 11) is 1.16. The quantitative estimate of drug-likeness (QED) is 0.803. The topological polar surface area (TPSA) is 90.7 Å². The Kier molecular flexibility index (Phi) is 3.89. The van der Waals surface area contributed by atoms with E-state index in [-0.39, 0.29) is 18.2 Å². The van der Waals surface area contributed by atoms with Crippen molar-refractivity contribution in [1.29, 1.82) is 0 Å². The van der Waals surface area contributed by atoms with Crippen LogP contribution in [0.2, 0.25) is 0 Å². The molecule has 1 aliphatic heterocycles. The first-order valence-corrected chi connectivity index (χ1v) is 6.21. The van der Waals surface area contributed by atoms with E-state index >= 15 is 0 Å². The number of esters is 1. The van der Waals surface area contributed by atoms with Crippen LogP contribution in [0.3, 0.4) is 0 Å². The standard InChI is InChI=1S/C13H16N2O5/c1-4-8-6-20-5-7(2)15-11(8)14-9(13(18)19-3)10(16)12(15)17/h8,16H,2,4-6H2,1,3H3. The minimum Gasteiger partial charge on any atom is -0.501 e. The van der Waals surface area contributed by atoms with Crippen molar-refractivity contribution in [2.45, 2.75) is 19.3 Å². The first-order valence-electron chi connectivity index (χ1n) is 6.21. The van der Waals surface area contributed by atoms with Gasteiger partial charge in [0.05, 0.1) is 20.3 Å². The van der Waals surface area contributed by atoms with Crippen molar-refractivity contribution in [3.05, 3.63) is 28.5 Å². The highest BCUT2D eigenvalue weighted by Gasteiger charge is 2.28. The molecule has 1 N–H and O–H groups in total. The first kappa shape index (κ1) is 14.3. The third-order valence-corrected chi connectivity index (χ3v) is 3.23. The number of hydrogen-bond donors (Lipinski definition) is 1. The molecule has 0 saturated carbocycles. The Hall–Kier alpha value is -2.15. The van der Waals surface area contributed by atoms with Gasteiger partial charge in [-0.3, -0.25) is 9.36 Å². The van der Waals surface area contributed by atoms with Crippen LogP contribution in [0.1, 0.15) is 35.6 Å². The van der Waals surface area contributed by atoms with Gasteiger partial charge in [0.2, 0.25) is 5.75 Å². The van der Waals surface area contributed by atoms with E-state index in [1.807, 2.05) is 6.92 Å². The van der Waals surface area contributed by atoms with Crippen LogP contribution < -0.4 is 5.56 Å². The predicted octanol–water partition coefficient (Wildman–Crippen LogP) is 0.730. The molecule has 0 aliphatic carbocycles. The lowest BCUT2D eigenvalue weighted by atomic mass is 10.1. The van der Waals surface area contributed by atoms with Crippen LogP contribution in [0.15, 0.2) is 11.4 Å². The molecule has 2 rings (SSSR count). The Morgan fingerprint density at radius 2 is 2.35 bits per heavy atom. The number of carbonyl (C=O) groups excluding carboxylic acids is 1. The minimum absolute atomic E-state index is 0.161. The summed E-state index contributed by atoms with van der Waals surface area (Å²) in [4.78, 5) is 27.9. The maximum atomic E-state index is 12.2. The Morgan fingerprint density at radius 1 is 1.65 bits per heavy atom. The van der Waals surface area contributed by atoms with Gasteiger partial charge < -0.3 is 14.6 Å². The zero-order valence-electron chi connectivity index (χ0n) is 11.4. The van der Waals surface area contributed by atoms with Crippen molar-refractivity contribution in [3.63, 3.8) is 0 Å². The Labute approximate surface area is 115 Å². The predicted molar refractivity (Wildman–Crippen MR) is 70.7 cm³/mol. The Bertz CT molecular complexity index is 620. The van der Waals surface area contributed by atoms with Gasteiger partial charge in [0, 0.05) is 11.6 Å². The number of aromatic hydroxyl groups is 1. The Balaban J connectivity index is 2.74. The van der Waals surface area contributed by atoms with E-state index in [9.17, 15) is 14.7 Å². The van der Waals surface area contributed by atoms with Crippen molar-refractivity contribution < 1.29 is 19.4 Å². The molecule has 7 heteroatoms. The van der Waals surface area contributed by atoms with E-state index in [2.05, 4.69) is 16.3 Å². The maximum absolute atomic E-state index is 12.2. The first-order chi connectivity index (χ1) is 9.51. The molecule has 1 aromatic rings. The van der Waals surface area contributed by atoms with Crippen molar-refractivity contribution >= 4 is 11.7 Å². The lowest BCUT2D eigenvalue weighted by Crippen LogP contribution is -2.28. The van der Waals surface area contributed by atoms with Gasteiger partial charge in [-0.05, 0) is 6.42 Å². The van der Waals surface area contributed by atoms with Crippen molar-refractivity contribution in [1.82, 2.24) is 9.55 Å². The van der Waals surface area contributed by atoms with E-state index in [1.165, 1.54) is 4.57 Å². The molecule has 1 atom stereocenters. The third kappa shape index (κ3) is 2.20. The maximum Gasteiger partial charge on any atom is 0.360 e. The molecule has 1 aliphatic rings. The number of rotatable bonds is 2. The summed E-state index contributed by atoms with van der Waals surface area (Å²) in [6.07, 6.45) is 0.672. The minimum atomic E-state index is -0.853. The number of aromatic nitrogens is 2. The summed E-state index contributed by atoms with van der Waals surface area (Å²) in [5.41, 5.74) is -0.735. The van der Waals surface area contributed by atoms with Gasteiger partial charge in [-0.25, -0.2) is 9.78 Å². The zero-order chi connectivity index (χ0) is 14.9. The fraction of sp³-hybridized carbons (Fsp3) is 0.462. The molecule has 1 unspecified atom stereocenters. The molecule has 0 saturated heterocycles. The molecule has 0 spiro atoms. The number of ether oxygens (including phenoxy) is 2. The number of hydrogen-bond acceptors (Lipinski definition) is 6. The fourth-order valence-electron chi connectivity index (χ4n) is 2.11. The summed E-state index contributed by atoms with van der Waals surface area (Å²) in [5.74, 6) is -1.39. The lowest BCUT2D eigenvalue weighted by Gasteiger charge is -2.16. The van der Waals surface area contributed by atoms with Gasteiger partial charge in [-0.2, -0.15) is 0 Å². The highest BCUT2D eigenvalue weighted by molar-refractivity contribution is 5.90. The molecule has 0 radical (unpaired) electrons. The molecule has 0 bridgehead atoms. The normalized spacial score (nSPS) is 18.3. The molecule has 0 aromatic carbocycles. The van der Waals surface area contributed by atoms with E-state index in [4.69, 9.17) is 4.74 Å². The monoisotopic (exact) mass is 280 g/mol. The zero-order valence-corrected chi connectivity index (χ0v) is 11.4. The van der Waals surface area contributed by atoms with Gasteiger partial charge in [-0.15, -0.1) is 0 Å². The summed E-state index contributed by atoms with van der Waals surface area (Å²) < 4.78 is 11.2. The average Bonchev–Trinajstić information content (AvgIpc) is 2.60. The van der Waals surface area contributed by atoms with E-state index < -0.39 is 17.3 Å². The summed E-state index contributed by atoms with van der Waals surface area (Å²) >= 11 is 0. The second-order valence-corrected chi connectivity index (χ2v) is 4.49. The van der Waals surface area contributed by atoms with Crippen molar-refractivity contribution in [2.75, 3.05) is 20.3 Å². The largest absolute Gasteiger partial charge is 0.501 e. The number of methoxy groups -OCH3 is 1. The molecule has 1 aromatic heterocycles. The van der Waals surface area contributed by atoms with Crippen LogP contribution >= 0.6 is 0 Å². The fourth-order valence-corrected chi connectivity index (χ4v) is 2.11.